The Balaban J connectivity index is 2.44. The number of amides is 2. The molecule has 0 aromatic carbocycles. The molecule has 0 unspecified atom stereocenters. The first kappa shape index (κ1) is 12.8. The Labute approximate surface area is 94.8 Å². The minimum Gasteiger partial charge on any atom is -0.481 e. The van der Waals surface area contributed by atoms with E-state index in [-0.39, 0.29) is 19.0 Å². The normalized spacial score (nSPS) is 15.9. The lowest BCUT2D eigenvalue weighted by atomic mass is 10.3. The molecule has 1 fully saturated rings. The topological polar surface area (TPSA) is 70.1 Å². The molecule has 0 spiro atoms. The number of carbonyl (C=O) groups excluding carboxylic acids is 1. The molecule has 0 saturated carbocycles. The van der Waals surface area contributed by atoms with Crippen molar-refractivity contribution < 1.29 is 19.4 Å². The minimum atomic E-state index is -0.881. The van der Waals surface area contributed by atoms with Crippen LogP contribution in [0.4, 0.5) is 4.79 Å². The summed E-state index contributed by atoms with van der Waals surface area (Å²) in [6.07, 6.45) is -0.0100. The van der Waals surface area contributed by atoms with Gasteiger partial charge in [-0.3, -0.25) is 4.79 Å². The van der Waals surface area contributed by atoms with Crippen molar-refractivity contribution in [3.8, 4) is 0 Å². The third-order valence-electron chi connectivity index (χ3n) is 2.53. The molecular formula is C10H18N2O4. The summed E-state index contributed by atoms with van der Waals surface area (Å²) in [6, 6.07) is -0.0907. The summed E-state index contributed by atoms with van der Waals surface area (Å²) in [4.78, 5) is 25.7. The lowest BCUT2D eigenvalue weighted by molar-refractivity contribution is -0.137. The van der Waals surface area contributed by atoms with Gasteiger partial charge in [0.1, 0.15) is 0 Å². The van der Waals surface area contributed by atoms with Gasteiger partial charge in [-0.1, -0.05) is 0 Å². The van der Waals surface area contributed by atoms with Gasteiger partial charge in [0.25, 0.3) is 0 Å². The molecule has 2 amide bonds. The van der Waals surface area contributed by atoms with E-state index in [2.05, 4.69) is 0 Å². The zero-order valence-electron chi connectivity index (χ0n) is 9.52. The standard InChI is InChI=1S/C10H18N2O4/c1-2-11(4-3-9(13)14)10(15)12-5-7-16-8-6-12/h2-8H2,1H3,(H,13,14). The molecule has 92 valence electrons. The summed E-state index contributed by atoms with van der Waals surface area (Å²) in [6.45, 7) is 4.93. The monoisotopic (exact) mass is 230 g/mol. The van der Waals surface area contributed by atoms with Crippen molar-refractivity contribution in [1.82, 2.24) is 9.80 Å². The maximum absolute atomic E-state index is 11.9. The fourth-order valence-electron chi connectivity index (χ4n) is 1.57. The van der Waals surface area contributed by atoms with Crippen LogP contribution in [0.3, 0.4) is 0 Å². The number of carboxylic acid groups (broad SMARTS) is 1. The van der Waals surface area contributed by atoms with Crippen molar-refractivity contribution in [1.29, 1.82) is 0 Å². The number of hydrogen-bond donors (Lipinski definition) is 1. The van der Waals surface area contributed by atoms with Crippen molar-refractivity contribution in [2.75, 3.05) is 39.4 Å². The van der Waals surface area contributed by atoms with Gasteiger partial charge in [0.05, 0.1) is 19.6 Å². The number of nitrogens with zero attached hydrogens (tertiary/aromatic N) is 2. The second-order valence-corrected chi connectivity index (χ2v) is 3.61. The van der Waals surface area contributed by atoms with E-state index in [1.54, 1.807) is 9.80 Å². The van der Waals surface area contributed by atoms with Crippen LogP contribution in [-0.2, 0) is 9.53 Å². The van der Waals surface area contributed by atoms with E-state index in [0.717, 1.165) is 0 Å². The molecule has 1 saturated heterocycles. The quantitative estimate of drug-likeness (QED) is 0.750. The summed E-state index contributed by atoms with van der Waals surface area (Å²) >= 11 is 0. The first-order chi connectivity index (χ1) is 7.65. The molecule has 1 rings (SSSR count). The van der Waals surface area contributed by atoms with E-state index < -0.39 is 5.97 Å². The van der Waals surface area contributed by atoms with Crippen molar-refractivity contribution in [2.24, 2.45) is 0 Å². The first-order valence-corrected chi connectivity index (χ1v) is 5.48. The number of hydrogen-bond acceptors (Lipinski definition) is 3. The lowest BCUT2D eigenvalue weighted by Gasteiger charge is -2.32. The van der Waals surface area contributed by atoms with Gasteiger partial charge in [-0.25, -0.2) is 4.79 Å². The largest absolute Gasteiger partial charge is 0.481 e. The number of carboxylic acids is 1. The Morgan fingerprint density at radius 2 is 2.00 bits per heavy atom. The number of urea groups is 1. The molecule has 0 atom stereocenters. The summed E-state index contributed by atoms with van der Waals surface area (Å²) in [5.74, 6) is -0.881. The van der Waals surface area contributed by atoms with Crippen LogP contribution in [0.15, 0.2) is 0 Å². The van der Waals surface area contributed by atoms with E-state index in [9.17, 15) is 9.59 Å². The minimum absolute atomic E-state index is 0.0100. The van der Waals surface area contributed by atoms with Crippen LogP contribution in [0.5, 0.6) is 0 Å². The Hall–Kier alpha value is -1.30. The molecule has 1 aliphatic rings. The molecule has 1 aliphatic heterocycles. The van der Waals surface area contributed by atoms with Gasteiger partial charge in [0, 0.05) is 26.2 Å². The molecule has 16 heavy (non-hydrogen) atoms. The Bertz CT molecular complexity index is 251. The highest BCUT2D eigenvalue weighted by Gasteiger charge is 2.21. The van der Waals surface area contributed by atoms with E-state index in [1.165, 1.54) is 0 Å². The van der Waals surface area contributed by atoms with E-state index in [0.29, 0.717) is 32.8 Å². The number of rotatable bonds is 4. The highest BCUT2D eigenvalue weighted by atomic mass is 16.5. The lowest BCUT2D eigenvalue weighted by Crippen LogP contribution is -2.48. The van der Waals surface area contributed by atoms with Crippen molar-refractivity contribution in [3.63, 3.8) is 0 Å². The summed E-state index contributed by atoms with van der Waals surface area (Å²) < 4.78 is 5.15. The van der Waals surface area contributed by atoms with Gasteiger partial charge in [-0.15, -0.1) is 0 Å². The van der Waals surface area contributed by atoms with Gasteiger partial charge in [0.2, 0.25) is 0 Å². The highest BCUT2D eigenvalue weighted by molar-refractivity contribution is 5.75. The van der Waals surface area contributed by atoms with Crippen LogP contribution >= 0.6 is 0 Å². The number of morpholine rings is 1. The molecule has 1 N–H and O–H groups in total. The van der Waals surface area contributed by atoms with Gasteiger partial charge in [0.15, 0.2) is 0 Å². The van der Waals surface area contributed by atoms with Crippen LogP contribution in [-0.4, -0.2) is 66.3 Å². The third kappa shape index (κ3) is 3.69. The Morgan fingerprint density at radius 3 is 2.50 bits per heavy atom. The predicted molar refractivity (Wildman–Crippen MR) is 57.3 cm³/mol. The molecule has 0 radical (unpaired) electrons. The zero-order valence-corrected chi connectivity index (χ0v) is 9.52. The maximum Gasteiger partial charge on any atom is 0.320 e. The average molecular weight is 230 g/mol. The van der Waals surface area contributed by atoms with Gasteiger partial charge < -0.3 is 19.6 Å². The predicted octanol–water partition coefficient (Wildman–Crippen LogP) is 0.235. The van der Waals surface area contributed by atoms with Crippen molar-refractivity contribution in [3.05, 3.63) is 0 Å². The van der Waals surface area contributed by atoms with Gasteiger partial charge >= 0.3 is 12.0 Å². The van der Waals surface area contributed by atoms with Crippen LogP contribution in [0.25, 0.3) is 0 Å². The van der Waals surface area contributed by atoms with Crippen LogP contribution in [0.2, 0.25) is 0 Å². The van der Waals surface area contributed by atoms with Crippen LogP contribution in [0.1, 0.15) is 13.3 Å². The third-order valence-corrected chi connectivity index (χ3v) is 2.53. The van der Waals surface area contributed by atoms with Crippen LogP contribution in [0, 0.1) is 0 Å². The summed E-state index contributed by atoms with van der Waals surface area (Å²) in [5, 5.41) is 8.58. The Kier molecular flexibility index (Phi) is 5.04. The fraction of sp³-hybridized carbons (Fsp3) is 0.800. The second kappa shape index (κ2) is 6.32. The second-order valence-electron chi connectivity index (χ2n) is 3.61. The molecule has 0 aromatic rings. The molecule has 6 heteroatoms. The van der Waals surface area contributed by atoms with Gasteiger partial charge in [-0.05, 0) is 6.92 Å². The summed E-state index contributed by atoms with van der Waals surface area (Å²) in [7, 11) is 0. The first-order valence-electron chi connectivity index (χ1n) is 5.48. The van der Waals surface area contributed by atoms with Gasteiger partial charge in [-0.2, -0.15) is 0 Å². The zero-order chi connectivity index (χ0) is 12.0. The van der Waals surface area contributed by atoms with E-state index in [4.69, 9.17) is 9.84 Å². The smallest absolute Gasteiger partial charge is 0.320 e. The summed E-state index contributed by atoms with van der Waals surface area (Å²) in [5.41, 5.74) is 0. The van der Waals surface area contributed by atoms with E-state index >= 15 is 0 Å². The molecule has 0 aromatic heterocycles. The number of ether oxygens (including phenoxy) is 1. The SMILES string of the molecule is CCN(CCC(=O)O)C(=O)N1CCOCC1. The Morgan fingerprint density at radius 1 is 1.38 bits per heavy atom. The molecule has 0 aliphatic carbocycles. The fourth-order valence-corrected chi connectivity index (χ4v) is 1.57. The molecule has 0 bridgehead atoms. The van der Waals surface area contributed by atoms with Crippen LogP contribution < -0.4 is 0 Å². The number of carbonyl (C=O) groups is 2. The molecular weight excluding hydrogens is 212 g/mol. The maximum atomic E-state index is 11.9. The van der Waals surface area contributed by atoms with Crippen molar-refractivity contribution >= 4 is 12.0 Å². The molecule has 1 heterocycles. The average Bonchev–Trinajstić information content (AvgIpc) is 2.30. The highest BCUT2D eigenvalue weighted by Crippen LogP contribution is 2.04. The number of aliphatic carboxylic acids is 1. The molecule has 6 nitrogen and oxygen atoms in total. The van der Waals surface area contributed by atoms with Crippen molar-refractivity contribution in [2.45, 2.75) is 13.3 Å². The van der Waals surface area contributed by atoms with E-state index in [1.807, 2.05) is 6.92 Å².